The van der Waals surface area contributed by atoms with E-state index in [4.69, 9.17) is 10.7 Å². The minimum absolute atomic E-state index is 0.250. The van der Waals surface area contributed by atoms with E-state index >= 15 is 0 Å². The third kappa shape index (κ3) is 2.11. The number of nitrogens with one attached hydrogen (secondary N) is 1. The average Bonchev–Trinajstić information content (AvgIpc) is 2.19. The molecule has 0 amide bonds. The molecule has 0 heterocycles. The molecule has 0 spiro atoms. The Bertz CT molecular complexity index is 346. The van der Waals surface area contributed by atoms with Gasteiger partial charge in [0, 0.05) is 11.7 Å². The quantitative estimate of drug-likeness (QED) is 0.583. The first-order valence-corrected chi connectivity index (χ1v) is 4.48. The first-order valence-electron chi connectivity index (χ1n) is 4.48. The summed E-state index contributed by atoms with van der Waals surface area (Å²) < 4.78 is 0. The van der Waals surface area contributed by atoms with Gasteiger partial charge in [-0.05, 0) is 38.1 Å². The van der Waals surface area contributed by atoms with Gasteiger partial charge in [0.1, 0.15) is 0 Å². The van der Waals surface area contributed by atoms with E-state index in [0.29, 0.717) is 5.56 Å². The Morgan fingerprint density at radius 1 is 1.36 bits per heavy atom. The van der Waals surface area contributed by atoms with Crippen LogP contribution in [0.1, 0.15) is 19.4 Å². The molecule has 0 aliphatic heterocycles. The second-order valence-electron chi connectivity index (χ2n) is 3.29. The van der Waals surface area contributed by atoms with Gasteiger partial charge in [-0.25, -0.2) is 0 Å². The van der Waals surface area contributed by atoms with Gasteiger partial charge in [0.2, 0.25) is 0 Å². The van der Waals surface area contributed by atoms with Crippen molar-refractivity contribution in [3.63, 3.8) is 0 Å². The lowest BCUT2D eigenvalue weighted by molar-refractivity contribution is 0.813. The van der Waals surface area contributed by atoms with Crippen molar-refractivity contribution in [2.24, 2.45) is 0 Å². The largest absolute Gasteiger partial charge is 0.330 e. The molecule has 3 heteroatoms. The lowest BCUT2D eigenvalue weighted by atomic mass is 10.2. The molecule has 1 rings (SSSR count). The molecule has 0 bridgehead atoms. The molecule has 0 aliphatic carbocycles. The maximum absolute atomic E-state index is 8.63. The highest BCUT2D eigenvalue weighted by Gasteiger charge is 2.06. The lowest BCUT2D eigenvalue weighted by Crippen LogP contribution is -2.28. The third-order valence-electron chi connectivity index (χ3n) is 1.99. The van der Waals surface area contributed by atoms with Gasteiger partial charge in [-0.1, -0.05) is 0 Å². The van der Waals surface area contributed by atoms with Crippen molar-refractivity contribution in [2.45, 2.75) is 19.9 Å². The van der Waals surface area contributed by atoms with Crippen LogP contribution in [0.2, 0.25) is 0 Å². The van der Waals surface area contributed by atoms with E-state index in [2.05, 4.69) is 6.07 Å². The van der Waals surface area contributed by atoms with E-state index in [9.17, 15) is 0 Å². The van der Waals surface area contributed by atoms with Crippen LogP contribution in [-0.2, 0) is 0 Å². The minimum Gasteiger partial charge on any atom is -0.330 e. The third-order valence-corrected chi connectivity index (χ3v) is 1.99. The van der Waals surface area contributed by atoms with E-state index in [0.717, 1.165) is 5.69 Å². The van der Waals surface area contributed by atoms with E-state index in [1.165, 1.54) is 6.34 Å². The second-order valence-corrected chi connectivity index (χ2v) is 3.29. The maximum atomic E-state index is 8.63. The predicted molar refractivity (Wildman–Crippen MR) is 57.6 cm³/mol. The summed E-state index contributed by atoms with van der Waals surface area (Å²) in [5, 5.41) is 15.9. The summed E-state index contributed by atoms with van der Waals surface area (Å²) in [7, 11) is 0. The fraction of sp³-hybridized carbons (Fsp3) is 0.273. The normalized spacial score (nSPS) is 9.57. The highest BCUT2D eigenvalue weighted by molar-refractivity contribution is 5.77. The van der Waals surface area contributed by atoms with Gasteiger partial charge in [-0.3, -0.25) is 5.41 Å². The van der Waals surface area contributed by atoms with E-state index in [-0.39, 0.29) is 6.04 Å². The van der Waals surface area contributed by atoms with Crippen LogP contribution in [0.15, 0.2) is 24.3 Å². The Labute approximate surface area is 84.1 Å². The SMILES string of the molecule is CC(C)N(C=N)c1ccc(C#N)cc1. The van der Waals surface area contributed by atoms with Gasteiger partial charge in [-0.15, -0.1) is 0 Å². The predicted octanol–water partition coefficient (Wildman–Crippen LogP) is 2.38. The van der Waals surface area contributed by atoms with Gasteiger partial charge in [0.15, 0.2) is 0 Å². The van der Waals surface area contributed by atoms with E-state index in [1.807, 2.05) is 30.9 Å². The molecule has 1 aromatic rings. The molecule has 3 nitrogen and oxygen atoms in total. The van der Waals surface area contributed by atoms with E-state index in [1.54, 1.807) is 12.1 Å². The van der Waals surface area contributed by atoms with Gasteiger partial charge in [0.25, 0.3) is 0 Å². The number of nitrogens with zero attached hydrogens (tertiary/aromatic N) is 2. The standard InChI is InChI=1S/C11H13N3/c1-9(2)14(8-13)11-5-3-10(7-12)4-6-11/h3-6,8-9,13H,1-2H3. The first-order chi connectivity index (χ1) is 6.69. The number of rotatable bonds is 3. The van der Waals surface area contributed by atoms with Crippen molar-refractivity contribution < 1.29 is 0 Å². The molecule has 0 atom stereocenters. The van der Waals surface area contributed by atoms with Crippen LogP contribution >= 0.6 is 0 Å². The van der Waals surface area contributed by atoms with Crippen molar-refractivity contribution >= 4 is 12.0 Å². The molecule has 0 aliphatic rings. The van der Waals surface area contributed by atoms with Gasteiger partial charge in [-0.2, -0.15) is 5.26 Å². The molecule has 0 aromatic heterocycles. The Hall–Kier alpha value is -1.82. The van der Waals surface area contributed by atoms with E-state index < -0.39 is 0 Å². The fourth-order valence-electron chi connectivity index (χ4n) is 1.23. The lowest BCUT2D eigenvalue weighted by Gasteiger charge is -2.23. The molecule has 0 radical (unpaired) electrons. The summed E-state index contributed by atoms with van der Waals surface area (Å²) in [5.74, 6) is 0. The van der Waals surface area contributed by atoms with Gasteiger partial charge < -0.3 is 4.90 Å². The fourth-order valence-corrected chi connectivity index (χ4v) is 1.23. The van der Waals surface area contributed by atoms with Crippen LogP contribution in [-0.4, -0.2) is 12.4 Å². The Kier molecular flexibility index (Phi) is 3.24. The van der Waals surface area contributed by atoms with Crippen LogP contribution in [0, 0.1) is 16.7 Å². The molecule has 14 heavy (non-hydrogen) atoms. The van der Waals surface area contributed by atoms with Crippen molar-refractivity contribution in [3.8, 4) is 6.07 Å². The number of benzene rings is 1. The summed E-state index contributed by atoms with van der Waals surface area (Å²) in [5.41, 5.74) is 1.58. The van der Waals surface area contributed by atoms with Gasteiger partial charge >= 0.3 is 0 Å². The van der Waals surface area contributed by atoms with Crippen LogP contribution < -0.4 is 4.90 Å². The molecule has 0 saturated carbocycles. The Morgan fingerprint density at radius 2 is 1.93 bits per heavy atom. The number of nitriles is 1. The molecule has 0 fully saturated rings. The molecule has 1 N–H and O–H groups in total. The highest BCUT2D eigenvalue weighted by atomic mass is 15.2. The Morgan fingerprint density at radius 3 is 2.29 bits per heavy atom. The van der Waals surface area contributed by atoms with Crippen molar-refractivity contribution in [3.05, 3.63) is 29.8 Å². The number of anilines is 1. The molecule has 0 unspecified atom stereocenters. The minimum atomic E-state index is 0.250. The molecule has 0 saturated heterocycles. The molecule has 1 aromatic carbocycles. The zero-order chi connectivity index (χ0) is 10.6. The van der Waals surface area contributed by atoms with Crippen LogP contribution in [0.3, 0.4) is 0 Å². The Balaban J connectivity index is 2.96. The average molecular weight is 187 g/mol. The molecular formula is C11H13N3. The van der Waals surface area contributed by atoms with Crippen LogP contribution in [0.5, 0.6) is 0 Å². The molecular weight excluding hydrogens is 174 g/mol. The smallest absolute Gasteiger partial charge is 0.0991 e. The highest BCUT2D eigenvalue weighted by Crippen LogP contribution is 2.15. The monoisotopic (exact) mass is 187 g/mol. The summed E-state index contributed by atoms with van der Waals surface area (Å²) in [4.78, 5) is 1.83. The van der Waals surface area contributed by atoms with Crippen LogP contribution in [0.4, 0.5) is 5.69 Å². The van der Waals surface area contributed by atoms with Crippen molar-refractivity contribution in [1.82, 2.24) is 0 Å². The van der Waals surface area contributed by atoms with Crippen LogP contribution in [0.25, 0.3) is 0 Å². The summed E-state index contributed by atoms with van der Waals surface area (Å²) in [6, 6.07) is 9.53. The summed E-state index contributed by atoms with van der Waals surface area (Å²) in [6.45, 7) is 4.03. The summed E-state index contributed by atoms with van der Waals surface area (Å²) in [6.07, 6.45) is 1.30. The number of hydrogen-bond donors (Lipinski definition) is 1. The van der Waals surface area contributed by atoms with Crippen molar-refractivity contribution in [1.29, 1.82) is 10.7 Å². The second kappa shape index (κ2) is 4.43. The zero-order valence-corrected chi connectivity index (χ0v) is 8.36. The number of hydrogen-bond acceptors (Lipinski definition) is 2. The van der Waals surface area contributed by atoms with Gasteiger partial charge in [0.05, 0.1) is 18.0 Å². The van der Waals surface area contributed by atoms with Crippen molar-refractivity contribution in [2.75, 3.05) is 4.90 Å². The maximum Gasteiger partial charge on any atom is 0.0991 e. The zero-order valence-electron chi connectivity index (χ0n) is 8.36. The topological polar surface area (TPSA) is 50.9 Å². The summed E-state index contributed by atoms with van der Waals surface area (Å²) >= 11 is 0. The first kappa shape index (κ1) is 10.3. The molecule has 72 valence electrons.